The molecule has 3 heteroatoms. The minimum absolute atomic E-state index is 0.0772. The third kappa shape index (κ3) is 10.6. The van der Waals surface area contributed by atoms with E-state index < -0.39 is 0 Å². The van der Waals surface area contributed by atoms with Crippen LogP contribution in [0.3, 0.4) is 0 Å². The molecule has 0 amide bonds. The number of benzene rings is 1. The lowest BCUT2D eigenvalue weighted by Gasteiger charge is -2.34. The fourth-order valence-corrected chi connectivity index (χ4v) is 5.84. The first-order valence-electron chi connectivity index (χ1n) is 15.3. The number of rotatable bonds is 19. The van der Waals surface area contributed by atoms with Crippen molar-refractivity contribution in [3.63, 3.8) is 0 Å². The smallest absolute Gasteiger partial charge is 0.0781 e. The van der Waals surface area contributed by atoms with Gasteiger partial charge in [0.1, 0.15) is 0 Å². The number of hydrogen-bond acceptors (Lipinski definition) is 3. The Labute approximate surface area is 229 Å². The van der Waals surface area contributed by atoms with Gasteiger partial charge >= 0.3 is 0 Å². The van der Waals surface area contributed by atoms with Gasteiger partial charge in [0, 0.05) is 31.0 Å². The molecule has 3 atom stereocenters. The predicted molar refractivity (Wildman–Crippen MR) is 160 cm³/mol. The van der Waals surface area contributed by atoms with Crippen LogP contribution in [0, 0.1) is 0 Å². The summed E-state index contributed by atoms with van der Waals surface area (Å²) in [6.07, 6.45) is 17.8. The lowest BCUT2D eigenvalue weighted by Crippen LogP contribution is -2.29. The number of allylic oxidation sites excluding steroid dienone is 3. The van der Waals surface area contributed by atoms with Crippen LogP contribution >= 0.6 is 0 Å². The summed E-state index contributed by atoms with van der Waals surface area (Å²) < 4.78 is 11.9. The fourth-order valence-electron chi connectivity index (χ4n) is 5.84. The molecule has 0 aromatic heterocycles. The number of unbranched alkanes of at least 4 members (excludes halogenated alkanes) is 10. The Morgan fingerprint density at radius 1 is 0.784 bits per heavy atom. The van der Waals surface area contributed by atoms with Crippen LogP contribution in [0.1, 0.15) is 136 Å². The van der Waals surface area contributed by atoms with Crippen LogP contribution in [0.4, 0.5) is 0 Å². The average molecular weight is 512 g/mol. The second-order valence-corrected chi connectivity index (χ2v) is 11.2. The highest BCUT2D eigenvalue weighted by Crippen LogP contribution is 2.39. The molecular formula is C34H57NO2. The van der Waals surface area contributed by atoms with Crippen molar-refractivity contribution >= 4 is 0 Å². The average Bonchev–Trinajstić information content (AvgIpc) is 2.89. The SMILES string of the molecule is CCCCCCCCCCCCCC(Cc1ccc(C2C(C)=C(C)NC(C)=C2C(C)OC)cc1)OCC. The lowest BCUT2D eigenvalue weighted by atomic mass is 9.79. The third-order valence-electron chi connectivity index (χ3n) is 8.24. The fraction of sp³-hybridized carbons (Fsp3) is 0.706. The molecule has 0 spiro atoms. The summed E-state index contributed by atoms with van der Waals surface area (Å²) in [4.78, 5) is 0. The van der Waals surface area contributed by atoms with Crippen molar-refractivity contribution in [2.75, 3.05) is 13.7 Å². The molecule has 0 bridgehead atoms. The molecule has 1 heterocycles. The molecule has 0 saturated heterocycles. The zero-order valence-electron chi connectivity index (χ0n) is 25.3. The van der Waals surface area contributed by atoms with Crippen molar-refractivity contribution in [2.45, 2.75) is 143 Å². The minimum Gasteiger partial charge on any atom is -0.378 e. The maximum Gasteiger partial charge on any atom is 0.0781 e. The van der Waals surface area contributed by atoms with Crippen molar-refractivity contribution in [1.82, 2.24) is 5.32 Å². The molecule has 1 aliphatic heterocycles. The molecule has 37 heavy (non-hydrogen) atoms. The topological polar surface area (TPSA) is 30.5 Å². The van der Waals surface area contributed by atoms with E-state index in [1.165, 1.54) is 111 Å². The van der Waals surface area contributed by atoms with E-state index in [0.717, 1.165) is 13.0 Å². The second kappa shape index (κ2) is 17.8. The number of hydrogen-bond donors (Lipinski definition) is 1. The van der Waals surface area contributed by atoms with Crippen LogP contribution in [0.5, 0.6) is 0 Å². The second-order valence-electron chi connectivity index (χ2n) is 11.2. The Kier molecular flexibility index (Phi) is 15.3. The number of ether oxygens (including phenoxy) is 2. The number of methoxy groups -OCH3 is 1. The summed E-state index contributed by atoms with van der Waals surface area (Å²) >= 11 is 0. The van der Waals surface area contributed by atoms with Crippen LogP contribution < -0.4 is 5.32 Å². The van der Waals surface area contributed by atoms with Gasteiger partial charge < -0.3 is 14.8 Å². The van der Waals surface area contributed by atoms with Gasteiger partial charge in [0.05, 0.1) is 12.2 Å². The van der Waals surface area contributed by atoms with E-state index in [-0.39, 0.29) is 12.0 Å². The maximum atomic E-state index is 6.15. The van der Waals surface area contributed by atoms with Crippen LogP contribution in [-0.4, -0.2) is 25.9 Å². The number of nitrogens with one attached hydrogen (secondary N) is 1. The van der Waals surface area contributed by atoms with Gasteiger partial charge in [-0.15, -0.1) is 0 Å². The van der Waals surface area contributed by atoms with Crippen LogP contribution in [0.15, 0.2) is 46.8 Å². The molecule has 210 valence electrons. The first kappa shape index (κ1) is 31.6. The zero-order chi connectivity index (χ0) is 27.0. The Morgan fingerprint density at radius 3 is 1.89 bits per heavy atom. The quantitative estimate of drug-likeness (QED) is 0.188. The minimum atomic E-state index is 0.0772. The van der Waals surface area contributed by atoms with E-state index in [1.54, 1.807) is 7.11 Å². The molecule has 0 radical (unpaired) electrons. The highest BCUT2D eigenvalue weighted by Gasteiger charge is 2.29. The van der Waals surface area contributed by atoms with Gasteiger partial charge in [0.15, 0.2) is 0 Å². The molecule has 0 fully saturated rings. The summed E-state index contributed by atoms with van der Waals surface area (Å²) in [7, 11) is 1.80. The van der Waals surface area contributed by atoms with Gasteiger partial charge in [-0.25, -0.2) is 0 Å². The maximum absolute atomic E-state index is 6.15. The summed E-state index contributed by atoms with van der Waals surface area (Å²) in [5, 5.41) is 3.56. The van der Waals surface area contributed by atoms with Gasteiger partial charge in [-0.05, 0) is 69.7 Å². The number of dihydropyridines is 1. The summed E-state index contributed by atoms with van der Waals surface area (Å²) in [5.74, 6) is 0.268. The molecular weight excluding hydrogens is 454 g/mol. The van der Waals surface area contributed by atoms with E-state index in [4.69, 9.17) is 9.47 Å². The van der Waals surface area contributed by atoms with E-state index in [1.807, 2.05) is 0 Å². The Morgan fingerprint density at radius 2 is 1.35 bits per heavy atom. The van der Waals surface area contributed by atoms with Crippen molar-refractivity contribution < 1.29 is 9.47 Å². The van der Waals surface area contributed by atoms with Gasteiger partial charge in [-0.1, -0.05) is 102 Å². The largest absolute Gasteiger partial charge is 0.378 e. The van der Waals surface area contributed by atoms with Crippen molar-refractivity contribution in [1.29, 1.82) is 0 Å². The molecule has 1 aromatic rings. The normalized spacial score (nSPS) is 17.8. The molecule has 1 aromatic carbocycles. The van der Waals surface area contributed by atoms with Crippen molar-refractivity contribution in [3.8, 4) is 0 Å². The first-order chi connectivity index (χ1) is 17.9. The van der Waals surface area contributed by atoms with Gasteiger partial charge in [-0.2, -0.15) is 0 Å². The monoisotopic (exact) mass is 511 g/mol. The summed E-state index contributed by atoms with van der Waals surface area (Å²) in [6, 6.07) is 9.28. The molecule has 2 rings (SSSR count). The Hall–Kier alpha value is -1.58. The van der Waals surface area contributed by atoms with E-state index in [9.17, 15) is 0 Å². The van der Waals surface area contributed by atoms with Crippen molar-refractivity contribution in [2.24, 2.45) is 0 Å². The highest BCUT2D eigenvalue weighted by molar-refractivity contribution is 5.46. The molecule has 1 aliphatic rings. The predicted octanol–water partition coefficient (Wildman–Crippen LogP) is 9.62. The van der Waals surface area contributed by atoms with Crippen LogP contribution in [-0.2, 0) is 15.9 Å². The Balaban J connectivity index is 1.85. The first-order valence-corrected chi connectivity index (χ1v) is 15.3. The molecule has 3 unspecified atom stereocenters. The Bertz CT molecular complexity index is 823. The van der Waals surface area contributed by atoms with Gasteiger partial charge in [0.2, 0.25) is 0 Å². The van der Waals surface area contributed by atoms with E-state index in [0.29, 0.717) is 6.10 Å². The standard InChI is InChI=1S/C34H57NO2/c1-8-10-11-12-13-14-15-16-17-18-19-20-32(37-9-2)25-30-21-23-31(24-22-30)33-26(3)27(4)35-28(5)34(33)29(6)36-7/h21-24,29,32-33,35H,8-20,25H2,1-7H3. The van der Waals surface area contributed by atoms with E-state index in [2.05, 4.69) is 71.1 Å². The molecule has 1 N–H and O–H groups in total. The van der Waals surface area contributed by atoms with Gasteiger partial charge in [-0.3, -0.25) is 0 Å². The zero-order valence-corrected chi connectivity index (χ0v) is 25.3. The van der Waals surface area contributed by atoms with Gasteiger partial charge in [0.25, 0.3) is 0 Å². The molecule has 3 nitrogen and oxygen atoms in total. The van der Waals surface area contributed by atoms with Crippen LogP contribution in [0.25, 0.3) is 0 Å². The summed E-state index contributed by atoms with van der Waals surface area (Å²) in [6.45, 7) is 13.9. The van der Waals surface area contributed by atoms with Crippen molar-refractivity contribution in [3.05, 3.63) is 57.9 Å². The van der Waals surface area contributed by atoms with Crippen LogP contribution in [0.2, 0.25) is 0 Å². The molecule has 0 aliphatic carbocycles. The third-order valence-corrected chi connectivity index (χ3v) is 8.24. The lowest BCUT2D eigenvalue weighted by molar-refractivity contribution is 0.0552. The molecule has 0 saturated carbocycles. The van der Waals surface area contributed by atoms with E-state index >= 15 is 0 Å². The highest BCUT2D eigenvalue weighted by atomic mass is 16.5. The summed E-state index contributed by atoms with van der Waals surface area (Å²) in [5.41, 5.74) is 7.90.